The van der Waals surface area contributed by atoms with Crippen LogP contribution in [0.25, 0.3) is 0 Å². The van der Waals surface area contributed by atoms with Crippen molar-refractivity contribution in [2.75, 3.05) is 6.61 Å². The fourth-order valence-corrected chi connectivity index (χ4v) is 3.69. The molecule has 0 aliphatic carbocycles. The van der Waals surface area contributed by atoms with Gasteiger partial charge in [-0.3, -0.25) is 0 Å². The predicted molar refractivity (Wildman–Crippen MR) is 79.5 cm³/mol. The lowest BCUT2D eigenvalue weighted by Crippen LogP contribution is -2.38. The molecular weight excluding hydrogens is 341 g/mol. The summed E-state index contributed by atoms with van der Waals surface area (Å²) in [6.45, 7) is 3.05. The van der Waals surface area contributed by atoms with Gasteiger partial charge in [0.15, 0.2) is 0 Å². The summed E-state index contributed by atoms with van der Waals surface area (Å²) in [5.41, 5.74) is -0.357. The van der Waals surface area contributed by atoms with Gasteiger partial charge in [0.25, 0.3) is 0 Å². The molecule has 0 saturated heterocycles. The summed E-state index contributed by atoms with van der Waals surface area (Å²) >= 11 is 11.6. The van der Waals surface area contributed by atoms with Gasteiger partial charge in [0.2, 0.25) is 10.0 Å². The first kappa shape index (κ1) is 18.2. The highest BCUT2D eigenvalue weighted by atomic mass is 35.5. The molecule has 0 spiro atoms. The van der Waals surface area contributed by atoms with Crippen molar-refractivity contribution in [1.29, 1.82) is 0 Å². The van der Waals surface area contributed by atoms with Crippen molar-refractivity contribution < 1.29 is 23.4 Å². The molecule has 0 amide bonds. The van der Waals surface area contributed by atoms with Crippen LogP contribution in [0.3, 0.4) is 0 Å². The molecule has 118 valence electrons. The molecule has 0 fully saturated rings. The van der Waals surface area contributed by atoms with Gasteiger partial charge in [-0.1, -0.05) is 30.1 Å². The van der Waals surface area contributed by atoms with Crippen molar-refractivity contribution in [1.82, 2.24) is 4.72 Å². The molecule has 1 aromatic rings. The summed E-state index contributed by atoms with van der Waals surface area (Å²) in [5, 5.41) is 17.7. The Hall–Kier alpha value is -0.860. The van der Waals surface area contributed by atoms with Crippen LogP contribution in [-0.2, 0) is 10.0 Å². The summed E-state index contributed by atoms with van der Waals surface area (Å²) in [5.74, 6) is -1.67. The Kier molecular flexibility index (Phi) is 6.01. The number of aliphatic hydroxyl groups excluding tert-OH is 1. The number of rotatable bonds is 6. The zero-order valence-electron chi connectivity index (χ0n) is 11.3. The molecule has 0 aliphatic heterocycles. The molecule has 0 saturated carbocycles. The van der Waals surface area contributed by atoms with Crippen molar-refractivity contribution in [2.45, 2.75) is 24.8 Å². The lowest BCUT2D eigenvalue weighted by molar-refractivity contribution is 0.0697. The first-order valence-corrected chi connectivity index (χ1v) is 8.19. The van der Waals surface area contributed by atoms with E-state index in [4.69, 9.17) is 33.4 Å². The van der Waals surface area contributed by atoms with Gasteiger partial charge in [0.05, 0.1) is 15.6 Å². The standard InChI is InChI=1S/C12H15Cl2NO5S/c1-6(5-16)7(2)15-21(19,20)11-3-8(12(17)18)9(13)4-10(11)14/h3-4,6-7,15-16H,5H2,1-2H3,(H,17,18). The molecule has 1 aromatic carbocycles. The number of benzene rings is 1. The number of carboxylic acid groups (broad SMARTS) is 1. The van der Waals surface area contributed by atoms with E-state index in [0.29, 0.717) is 0 Å². The van der Waals surface area contributed by atoms with Crippen LogP contribution in [0.1, 0.15) is 24.2 Å². The maximum absolute atomic E-state index is 12.3. The SMILES string of the molecule is CC(CO)C(C)NS(=O)(=O)c1cc(C(=O)O)c(Cl)cc1Cl. The summed E-state index contributed by atoms with van der Waals surface area (Å²) in [6, 6.07) is 1.42. The maximum Gasteiger partial charge on any atom is 0.337 e. The largest absolute Gasteiger partial charge is 0.478 e. The highest BCUT2D eigenvalue weighted by Crippen LogP contribution is 2.29. The van der Waals surface area contributed by atoms with Crippen LogP contribution in [0.4, 0.5) is 0 Å². The first-order chi connectivity index (χ1) is 9.60. The normalized spacial score (nSPS) is 14.7. The van der Waals surface area contributed by atoms with E-state index in [1.807, 2.05) is 0 Å². The Labute approximate surface area is 132 Å². The number of aliphatic hydroxyl groups is 1. The number of carboxylic acids is 1. The average Bonchev–Trinajstić information content (AvgIpc) is 2.36. The van der Waals surface area contributed by atoms with E-state index in [1.165, 1.54) is 0 Å². The van der Waals surface area contributed by atoms with Crippen LogP contribution in [0, 0.1) is 5.92 Å². The van der Waals surface area contributed by atoms with Gasteiger partial charge in [0.1, 0.15) is 4.90 Å². The first-order valence-electron chi connectivity index (χ1n) is 5.95. The predicted octanol–water partition coefficient (Wildman–Crippen LogP) is 1.99. The van der Waals surface area contributed by atoms with Crippen molar-refractivity contribution >= 4 is 39.2 Å². The second-order valence-electron chi connectivity index (χ2n) is 4.64. The number of nitrogens with one attached hydrogen (secondary N) is 1. The average molecular weight is 356 g/mol. The Morgan fingerprint density at radius 3 is 2.33 bits per heavy atom. The molecule has 2 atom stereocenters. The van der Waals surface area contributed by atoms with Gasteiger partial charge < -0.3 is 10.2 Å². The minimum atomic E-state index is -4.03. The molecule has 0 bridgehead atoms. The van der Waals surface area contributed by atoms with Crippen molar-refractivity contribution in [3.8, 4) is 0 Å². The zero-order chi connectivity index (χ0) is 16.4. The Morgan fingerprint density at radius 1 is 1.29 bits per heavy atom. The quantitative estimate of drug-likeness (QED) is 0.723. The number of aromatic carboxylic acids is 1. The van der Waals surface area contributed by atoms with E-state index < -0.39 is 22.0 Å². The van der Waals surface area contributed by atoms with Crippen molar-refractivity contribution in [3.05, 3.63) is 27.7 Å². The topological polar surface area (TPSA) is 104 Å². The molecule has 0 aromatic heterocycles. The molecule has 3 N–H and O–H groups in total. The van der Waals surface area contributed by atoms with Gasteiger partial charge in [0, 0.05) is 12.6 Å². The van der Waals surface area contributed by atoms with Crippen LogP contribution in [0.15, 0.2) is 17.0 Å². The van der Waals surface area contributed by atoms with E-state index in [9.17, 15) is 13.2 Å². The molecular formula is C12H15Cl2NO5S. The third-order valence-electron chi connectivity index (χ3n) is 3.02. The second kappa shape index (κ2) is 6.93. The lowest BCUT2D eigenvalue weighted by Gasteiger charge is -2.20. The molecule has 9 heteroatoms. The molecule has 0 radical (unpaired) electrons. The van der Waals surface area contributed by atoms with Crippen LogP contribution < -0.4 is 4.72 Å². The zero-order valence-corrected chi connectivity index (χ0v) is 13.6. The number of hydrogen-bond donors (Lipinski definition) is 3. The highest BCUT2D eigenvalue weighted by molar-refractivity contribution is 7.89. The van der Waals surface area contributed by atoms with Crippen LogP contribution >= 0.6 is 23.2 Å². The minimum Gasteiger partial charge on any atom is -0.478 e. The third kappa shape index (κ3) is 4.31. The number of carbonyl (C=O) groups is 1. The van der Waals surface area contributed by atoms with E-state index in [-0.39, 0.29) is 33.0 Å². The Balaban J connectivity index is 3.26. The fraction of sp³-hybridized carbons (Fsp3) is 0.417. The molecule has 6 nitrogen and oxygen atoms in total. The lowest BCUT2D eigenvalue weighted by atomic mass is 10.1. The van der Waals surface area contributed by atoms with Crippen LogP contribution in [-0.4, -0.2) is 37.2 Å². The fourth-order valence-electron chi connectivity index (χ4n) is 1.48. The molecule has 1 rings (SSSR count). The van der Waals surface area contributed by atoms with E-state index in [2.05, 4.69) is 4.72 Å². The molecule has 0 heterocycles. The van der Waals surface area contributed by atoms with Gasteiger partial charge in [-0.05, 0) is 25.0 Å². The maximum atomic E-state index is 12.3. The van der Waals surface area contributed by atoms with E-state index in [0.717, 1.165) is 12.1 Å². The van der Waals surface area contributed by atoms with Crippen molar-refractivity contribution in [2.24, 2.45) is 5.92 Å². The highest BCUT2D eigenvalue weighted by Gasteiger charge is 2.25. The molecule has 0 aliphatic rings. The van der Waals surface area contributed by atoms with Crippen molar-refractivity contribution in [3.63, 3.8) is 0 Å². The summed E-state index contributed by atoms with van der Waals surface area (Å²) in [6.07, 6.45) is 0. The number of halogens is 2. The number of hydrogen-bond acceptors (Lipinski definition) is 4. The van der Waals surface area contributed by atoms with E-state index >= 15 is 0 Å². The third-order valence-corrected chi connectivity index (χ3v) is 5.36. The minimum absolute atomic E-state index is 0.150. The molecule has 2 unspecified atom stereocenters. The second-order valence-corrected chi connectivity index (χ2v) is 7.13. The van der Waals surface area contributed by atoms with Gasteiger partial charge in [-0.15, -0.1) is 0 Å². The number of sulfonamides is 1. The Bertz CT molecular complexity index is 647. The summed E-state index contributed by atoms with van der Waals surface area (Å²) < 4.78 is 26.9. The monoisotopic (exact) mass is 355 g/mol. The molecule has 21 heavy (non-hydrogen) atoms. The Morgan fingerprint density at radius 2 is 1.86 bits per heavy atom. The van der Waals surface area contributed by atoms with Gasteiger partial charge >= 0.3 is 5.97 Å². The van der Waals surface area contributed by atoms with Crippen LogP contribution in [0.2, 0.25) is 10.0 Å². The van der Waals surface area contributed by atoms with Crippen LogP contribution in [0.5, 0.6) is 0 Å². The van der Waals surface area contributed by atoms with E-state index in [1.54, 1.807) is 13.8 Å². The van der Waals surface area contributed by atoms with Gasteiger partial charge in [-0.25, -0.2) is 17.9 Å². The summed E-state index contributed by atoms with van der Waals surface area (Å²) in [7, 11) is -4.03. The summed E-state index contributed by atoms with van der Waals surface area (Å²) in [4.78, 5) is 10.6. The van der Waals surface area contributed by atoms with Gasteiger partial charge in [-0.2, -0.15) is 0 Å². The smallest absolute Gasteiger partial charge is 0.337 e.